The predicted molar refractivity (Wildman–Crippen MR) is 43.3 cm³/mol. The standard InChI is InChI=1S/C3H3NO.C2H4O2.H3O3P/c1-2-5-3-4-1;1-2(3)4;1-4(2)3/h1-3H;1H3,(H,3,4);4H,(H2,1,2,3). The molecule has 0 fully saturated rings. The van der Waals surface area contributed by atoms with E-state index in [0.29, 0.717) is 0 Å². The van der Waals surface area contributed by atoms with Gasteiger partial charge in [0.1, 0.15) is 6.26 Å². The fraction of sp³-hybridized carbons (Fsp3) is 0.200. The summed E-state index contributed by atoms with van der Waals surface area (Å²) in [7, 11) is -3.13. The van der Waals surface area contributed by atoms with E-state index >= 15 is 0 Å². The van der Waals surface area contributed by atoms with Crippen LogP contribution in [0.1, 0.15) is 6.92 Å². The Bertz CT molecular complexity index is 186. The van der Waals surface area contributed by atoms with E-state index in [1.165, 1.54) is 12.7 Å². The third-order valence-electron chi connectivity index (χ3n) is 0.347. The van der Waals surface area contributed by atoms with Crippen LogP contribution in [0.5, 0.6) is 0 Å². The summed E-state index contributed by atoms with van der Waals surface area (Å²) in [5.41, 5.74) is 0. The minimum atomic E-state index is -3.13. The van der Waals surface area contributed by atoms with Crippen molar-refractivity contribution in [2.24, 2.45) is 0 Å². The third-order valence-corrected chi connectivity index (χ3v) is 0.347. The predicted octanol–water partition coefficient (Wildman–Crippen LogP) is 0.126. The average Bonchev–Trinajstić information content (AvgIpc) is 2.35. The van der Waals surface area contributed by atoms with Crippen LogP contribution in [-0.4, -0.2) is 25.8 Å². The first-order valence-electron chi connectivity index (χ1n) is 2.90. The number of aliphatic carboxylic acids is 1. The Morgan fingerprint density at radius 3 is 2.00 bits per heavy atom. The van der Waals surface area contributed by atoms with Gasteiger partial charge in [0.2, 0.25) is 0 Å². The van der Waals surface area contributed by atoms with Crippen LogP contribution in [0.3, 0.4) is 0 Å². The van der Waals surface area contributed by atoms with Crippen molar-refractivity contribution in [2.45, 2.75) is 6.92 Å². The summed E-state index contributed by atoms with van der Waals surface area (Å²) in [5.74, 6) is -0.833. The minimum Gasteiger partial charge on any atom is -0.481 e. The molecule has 0 radical (unpaired) electrons. The van der Waals surface area contributed by atoms with E-state index in [4.69, 9.17) is 24.3 Å². The smallest absolute Gasteiger partial charge is 0.314 e. The molecule has 0 atom stereocenters. The Kier molecular flexibility index (Phi) is 12.0. The lowest BCUT2D eigenvalue weighted by Gasteiger charge is -1.61. The largest absolute Gasteiger partial charge is 0.481 e. The van der Waals surface area contributed by atoms with Gasteiger partial charge in [-0.1, -0.05) is 0 Å². The first-order valence-corrected chi connectivity index (χ1v) is 4.20. The molecule has 0 spiro atoms. The van der Waals surface area contributed by atoms with Crippen LogP contribution >= 0.6 is 8.25 Å². The Morgan fingerprint density at radius 2 is 1.92 bits per heavy atom. The molecule has 0 aliphatic carbocycles. The van der Waals surface area contributed by atoms with Crippen LogP contribution in [0.4, 0.5) is 0 Å². The molecule has 0 aliphatic rings. The Hall–Kier alpha value is -1.17. The molecule has 0 amide bonds. The van der Waals surface area contributed by atoms with E-state index in [9.17, 15) is 0 Å². The van der Waals surface area contributed by atoms with Crippen LogP contribution < -0.4 is 0 Å². The van der Waals surface area contributed by atoms with E-state index in [1.807, 2.05) is 0 Å². The van der Waals surface area contributed by atoms with Crippen molar-refractivity contribution in [3.05, 3.63) is 18.9 Å². The lowest BCUT2D eigenvalue weighted by Crippen LogP contribution is -1.78. The average molecular weight is 211 g/mol. The first kappa shape index (κ1) is 14.4. The van der Waals surface area contributed by atoms with Crippen LogP contribution in [0.15, 0.2) is 23.3 Å². The lowest BCUT2D eigenvalue weighted by atomic mass is 10.9. The minimum absolute atomic E-state index is 0.833. The van der Waals surface area contributed by atoms with Crippen LogP contribution in [0, 0.1) is 0 Å². The highest BCUT2D eigenvalue weighted by molar-refractivity contribution is 7.30. The van der Waals surface area contributed by atoms with Gasteiger partial charge in [-0.25, -0.2) is 4.98 Å². The maximum Gasteiger partial charge on any atom is 0.314 e. The van der Waals surface area contributed by atoms with Gasteiger partial charge in [-0.15, -0.1) is 0 Å². The van der Waals surface area contributed by atoms with Gasteiger partial charge >= 0.3 is 8.25 Å². The zero-order valence-corrected chi connectivity index (χ0v) is 7.75. The molecule has 0 bridgehead atoms. The number of aromatic nitrogens is 1. The number of carboxylic acid groups (broad SMARTS) is 1. The number of rotatable bonds is 0. The molecular formula is C5H10NO6P. The highest BCUT2D eigenvalue weighted by Crippen LogP contribution is 1.98. The Labute approximate surface area is 74.6 Å². The second kappa shape index (κ2) is 10.8. The maximum absolute atomic E-state index is 9.00. The summed E-state index contributed by atoms with van der Waals surface area (Å²) in [6.45, 7) is 1.08. The van der Waals surface area contributed by atoms with Crippen LogP contribution in [0.25, 0.3) is 0 Å². The molecule has 8 heteroatoms. The number of hydrogen-bond acceptors (Lipinski definition) is 4. The highest BCUT2D eigenvalue weighted by atomic mass is 31.1. The summed E-state index contributed by atoms with van der Waals surface area (Å²) in [6, 6.07) is 0. The van der Waals surface area contributed by atoms with Gasteiger partial charge in [-0.2, -0.15) is 0 Å². The van der Waals surface area contributed by atoms with Gasteiger partial charge in [0.25, 0.3) is 5.97 Å². The lowest BCUT2D eigenvalue weighted by molar-refractivity contribution is -0.134. The Morgan fingerprint density at radius 1 is 1.54 bits per heavy atom. The molecule has 0 saturated heterocycles. The molecule has 7 nitrogen and oxygen atoms in total. The zero-order chi connectivity index (χ0) is 10.7. The molecule has 1 aromatic rings. The van der Waals surface area contributed by atoms with E-state index in [2.05, 4.69) is 9.40 Å². The quantitative estimate of drug-likeness (QED) is 0.521. The molecule has 3 N–H and O–H groups in total. The van der Waals surface area contributed by atoms with Crippen molar-refractivity contribution in [2.75, 3.05) is 0 Å². The first-order chi connectivity index (χ1) is 5.96. The maximum atomic E-state index is 9.00. The molecule has 0 aliphatic heterocycles. The number of hydrogen-bond donors (Lipinski definition) is 3. The van der Waals surface area contributed by atoms with Crippen molar-refractivity contribution < 1.29 is 28.7 Å². The Balaban J connectivity index is 0. The molecule has 0 saturated carbocycles. The summed E-state index contributed by atoms with van der Waals surface area (Å²) in [6.07, 6.45) is 4.47. The molecule has 0 unspecified atom stereocenters. The molecular weight excluding hydrogens is 201 g/mol. The summed E-state index contributed by atoms with van der Waals surface area (Å²) in [4.78, 5) is 26.9. The summed E-state index contributed by atoms with van der Waals surface area (Å²) in [5, 5.41) is 7.42. The van der Waals surface area contributed by atoms with Gasteiger partial charge in [-0.3, -0.25) is 9.36 Å². The van der Waals surface area contributed by atoms with Gasteiger partial charge in [0, 0.05) is 6.92 Å². The molecule has 76 valence electrons. The normalized spacial score (nSPS) is 7.69. The van der Waals surface area contributed by atoms with Gasteiger partial charge in [-0.05, 0) is 0 Å². The third kappa shape index (κ3) is 57.6. The van der Waals surface area contributed by atoms with Crippen molar-refractivity contribution in [1.82, 2.24) is 4.98 Å². The second-order valence-electron chi connectivity index (χ2n) is 1.48. The van der Waals surface area contributed by atoms with E-state index in [-0.39, 0.29) is 0 Å². The SMILES string of the molecule is CC(=O)O.O=[PH](O)O.c1cocn1. The fourth-order valence-electron chi connectivity index (χ4n) is 0.176. The van der Waals surface area contributed by atoms with Crippen LogP contribution in [0.2, 0.25) is 0 Å². The monoisotopic (exact) mass is 211 g/mol. The van der Waals surface area contributed by atoms with Gasteiger partial charge < -0.3 is 19.3 Å². The topological polar surface area (TPSA) is 121 Å². The van der Waals surface area contributed by atoms with Gasteiger partial charge in [0.05, 0.1) is 6.20 Å². The van der Waals surface area contributed by atoms with E-state index < -0.39 is 14.2 Å². The number of oxazole rings is 1. The fourth-order valence-corrected chi connectivity index (χ4v) is 0.176. The van der Waals surface area contributed by atoms with Gasteiger partial charge in [0.15, 0.2) is 6.39 Å². The van der Waals surface area contributed by atoms with Crippen LogP contribution in [-0.2, 0) is 9.36 Å². The number of carbonyl (C=O) groups is 1. The highest BCUT2D eigenvalue weighted by Gasteiger charge is 1.65. The second-order valence-corrected chi connectivity index (χ2v) is 2.04. The van der Waals surface area contributed by atoms with Crippen molar-refractivity contribution in [3.63, 3.8) is 0 Å². The van der Waals surface area contributed by atoms with E-state index in [0.717, 1.165) is 6.92 Å². The molecule has 1 heterocycles. The molecule has 0 aromatic carbocycles. The van der Waals surface area contributed by atoms with Crippen molar-refractivity contribution in [1.29, 1.82) is 0 Å². The molecule has 1 aromatic heterocycles. The molecule has 13 heavy (non-hydrogen) atoms. The number of nitrogens with zero attached hydrogens (tertiary/aromatic N) is 1. The van der Waals surface area contributed by atoms with Crippen molar-refractivity contribution >= 4 is 14.2 Å². The summed E-state index contributed by atoms with van der Waals surface area (Å²) < 4.78 is 13.2. The summed E-state index contributed by atoms with van der Waals surface area (Å²) >= 11 is 0. The number of carboxylic acids is 1. The van der Waals surface area contributed by atoms with Crippen molar-refractivity contribution in [3.8, 4) is 0 Å². The zero-order valence-electron chi connectivity index (χ0n) is 6.75. The molecule has 1 rings (SSSR count). The van der Waals surface area contributed by atoms with E-state index in [1.54, 1.807) is 6.20 Å².